The summed E-state index contributed by atoms with van der Waals surface area (Å²) in [6, 6.07) is 0.346. The normalized spacial score (nSPS) is 26.3. The van der Waals surface area contributed by atoms with Gasteiger partial charge in [-0.15, -0.1) is 0 Å². The molecule has 0 aromatic carbocycles. The molecule has 0 heterocycles. The fraction of sp³-hybridized carbons (Fsp3) is 1.00. The van der Waals surface area contributed by atoms with Crippen molar-refractivity contribution >= 4 is 0 Å². The Balaban J connectivity index is 2.69. The van der Waals surface area contributed by atoms with Gasteiger partial charge in [0.25, 0.3) is 0 Å². The average molecular weight is 256 g/mol. The number of hydrogen-bond acceptors (Lipinski definition) is 3. The minimum Gasteiger partial charge on any atom is -0.391 e. The molecule has 0 saturated heterocycles. The number of nitrogens with zero attached hydrogens (tertiary/aromatic N) is 1. The van der Waals surface area contributed by atoms with E-state index in [0.29, 0.717) is 12.6 Å². The van der Waals surface area contributed by atoms with Gasteiger partial charge in [0.1, 0.15) is 0 Å². The highest BCUT2D eigenvalue weighted by molar-refractivity contribution is 4.85. The zero-order valence-corrected chi connectivity index (χ0v) is 12.5. The Bertz CT molecular complexity index is 231. The molecule has 0 aromatic rings. The first-order valence-electron chi connectivity index (χ1n) is 7.62. The van der Waals surface area contributed by atoms with Crippen LogP contribution in [0.2, 0.25) is 0 Å². The summed E-state index contributed by atoms with van der Waals surface area (Å²) in [5, 5.41) is 10.3. The molecule has 0 bridgehead atoms. The maximum atomic E-state index is 10.3. The first-order valence-corrected chi connectivity index (χ1v) is 7.62. The van der Waals surface area contributed by atoms with Crippen molar-refractivity contribution in [2.24, 2.45) is 11.1 Å². The Labute approximate surface area is 113 Å². The van der Waals surface area contributed by atoms with E-state index in [0.717, 1.165) is 32.4 Å². The Morgan fingerprint density at radius 3 is 2.50 bits per heavy atom. The van der Waals surface area contributed by atoms with E-state index in [-0.39, 0.29) is 11.5 Å². The van der Waals surface area contributed by atoms with Gasteiger partial charge in [0.05, 0.1) is 6.10 Å². The van der Waals surface area contributed by atoms with E-state index in [9.17, 15) is 5.11 Å². The number of hydrogen-bond donors (Lipinski definition) is 2. The van der Waals surface area contributed by atoms with Crippen LogP contribution in [0, 0.1) is 5.41 Å². The lowest BCUT2D eigenvalue weighted by molar-refractivity contribution is 0.0255. The number of nitrogens with two attached hydrogens (primary N) is 1. The smallest absolute Gasteiger partial charge is 0.0695 e. The van der Waals surface area contributed by atoms with E-state index in [1.165, 1.54) is 19.3 Å². The first kappa shape index (κ1) is 15.9. The Hall–Kier alpha value is -0.120. The van der Waals surface area contributed by atoms with Crippen LogP contribution in [0.5, 0.6) is 0 Å². The summed E-state index contributed by atoms with van der Waals surface area (Å²) in [4.78, 5) is 2.49. The van der Waals surface area contributed by atoms with Crippen molar-refractivity contribution in [2.45, 2.75) is 71.4 Å². The fourth-order valence-corrected chi connectivity index (χ4v) is 2.96. The van der Waals surface area contributed by atoms with Gasteiger partial charge in [0, 0.05) is 12.6 Å². The van der Waals surface area contributed by atoms with Crippen LogP contribution in [0.25, 0.3) is 0 Å². The fourth-order valence-electron chi connectivity index (χ4n) is 2.96. The molecule has 1 fully saturated rings. The molecule has 1 saturated carbocycles. The van der Waals surface area contributed by atoms with Crippen LogP contribution < -0.4 is 5.73 Å². The lowest BCUT2D eigenvalue weighted by Gasteiger charge is -2.39. The predicted molar refractivity (Wildman–Crippen MR) is 77.6 cm³/mol. The van der Waals surface area contributed by atoms with E-state index in [2.05, 4.69) is 25.7 Å². The van der Waals surface area contributed by atoms with Crippen molar-refractivity contribution in [3.63, 3.8) is 0 Å². The number of rotatable bonds is 6. The topological polar surface area (TPSA) is 49.5 Å². The predicted octanol–water partition coefficient (Wildman–Crippen LogP) is 2.38. The van der Waals surface area contributed by atoms with Gasteiger partial charge in [0.2, 0.25) is 0 Å². The molecule has 2 unspecified atom stereocenters. The lowest BCUT2D eigenvalue weighted by Crippen LogP contribution is -2.49. The Morgan fingerprint density at radius 1 is 1.22 bits per heavy atom. The van der Waals surface area contributed by atoms with Crippen molar-refractivity contribution in [3.05, 3.63) is 0 Å². The first-order chi connectivity index (χ1) is 8.50. The molecule has 3 nitrogen and oxygen atoms in total. The summed E-state index contributed by atoms with van der Waals surface area (Å²) in [5.41, 5.74) is 6.00. The van der Waals surface area contributed by atoms with Crippen molar-refractivity contribution < 1.29 is 5.11 Å². The summed E-state index contributed by atoms with van der Waals surface area (Å²) >= 11 is 0. The van der Waals surface area contributed by atoms with Gasteiger partial charge in [0.15, 0.2) is 0 Å². The highest BCUT2D eigenvalue weighted by Gasteiger charge is 2.30. The highest BCUT2D eigenvalue weighted by Crippen LogP contribution is 2.26. The van der Waals surface area contributed by atoms with Crippen LogP contribution in [0.1, 0.15) is 59.3 Å². The Kier molecular flexibility index (Phi) is 6.61. The molecule has 0 aromatic heterocycles. The van der Waals surface area contributed by atoms with Crippen LogP contribution in [-0.4, -0.2) is 41.8 Å². The summed E-state index contributed by atoms with van der Waals surface area (Å²) in [5.74, 6) is 0. The highest BCUT2D eigenvalue weighted by atomic mass is 16.3. The molecule has 1 rings (SSSR count). The molecule has 1 aliphatic rings. The summed E-state index contributed by atoms with van der Waals surface area (Å²) in [7, 11) is 0. The van der Waals surface area contributed by atoms with Crippen molar-refractivity contribution in [1.82, 2.24) is 4.90 Å². The molecule has 0 spiro atoms. The minimum atomic E-state index is -0.146. The van der Waals surface area contributed by atoms with Crippen LogP contribution in [0.15, 0.2) is 0 Å². The summed E-state index contributed by atoms with van der Waals surface area (Å²) in [6.45, 7) is 9.43. The molecule has 0 aliphatic heterocycles. The van der Waals surface area contributed by atoms with Crippen molar-refractivity contribution in [2.75, 3.05) is 19.6 Å². The SMILES string of the molecule is CCCN(CC(C)(C)CN)C1CCCCCC1O. The van der Waals surface area contributed by atoms with Gasteiger partial charge >= 0.3 is 0 Å². The van der Waals surface area contributed by atoms with Crippen molar-refractivity contribution in [3.8, 4) is 0 Å². The van der Waals surface area contributed by atoms with Crippen LogP contribution in [0.4, 0.5) is 0 Å². The molecule has 3 heteroatoms. The maximum absolute atomic E-state index is 10.3. The molecule has 0 amide bonds. The molecule has 108 valence electrons. The monoisotopic (exact) mass is 256 g/mol. The van der Waals surface area contributed by atoms with E-state index in [4.69, 9.17) is 5.73 Å². The van der Waals surface area contributed by atoms with Crippen LogP contribution in [0.3, 0.4) is 0 Å². The molecule has 1 aliphatic carbocycles. The molecular weight excluding hydrogens is 224 g/mol. The third kappa shape index (κ3) is 4.87. The van der Waals surface area contributed by atoms with Crippen LogP contribution >= 0.6 is 0 Å². The molecule has 0 radical (unpaired) electrons. The standard InChI is InChI=1S/C15H32N2O/c1-4-10-17(12-15(2,3)11-16)13-8-6-5-7-9-14(13)18/h13-14,18H,4-12,16H2,1-3H3. The molecule has 3 N–H and O–H groups in total. The Morgan fingerprint density at radius 2 is 1.89 bits per heavy atom. The second-order valence-corrected chi connectivity index (χ2v) is 6.61. The van der Waals surface area contributed by atoms with Crippen molar-refractivity contribution in [1.29, 1.82) is 0 Å². The van der Waals surface area contributed by atoms with E-state index in [1.807, 2.05) is 0 Å². The summed E-state index contributed by atoms with van der Waals surface area (Å²) in [6.07, 6.45) is 6.81. The largest absolute Gasteiger partial charge is 0.391 e. The van der Waals surface area contributed by atoms with Gasteiger partial charge in [-0.3, -0.25) is 4.90 Å². The molecular formula is C15H32N2O. The van der Waals surface area contributed by atoms with E-state index in [1.54, 1.807) is 0 Å². The third-order valence-corrected chi connectivity index (χ3v) is 4.11. The van der Waals surface area contributed by atoms with Gasteiger partial charge in [-0.1, -0.05) is 40.0 Å². The third-order valence-electron chi connectivity index (χ3n) is 4.11. The van der Waals surface area contributed by atoms with E-state index >= 15 is 0 Å². The minimum absolute atomic E-state index is 0.140. The number of aliphatic hydroxyl groups is 1. The van der Waals surface area contributed by atoms with Gasteiger partial charge in [-0.25, -0.2) is 0 Å². The van der Waals surface area contributed by atoms with Gasteiger partial charge in [-0.2, -0.15) is 0 Å². The van der Waals surface area contributed by atoms with E-state index < -0.39 is 0 Å². The van der Waals surface area contributed by atoms with Gasteiger partial charge < -0.3 is 10.8 Å². The second kappa shape index (κ2) is 7.46. The van der Waals surface area contributed by atoms with Crippen LogP contribution in [-0.2, 0) is 0 Å². The zero-order chi connectivity index (χ0) is 13.6. The second-order valence-electron chi connectivity index (χ2n) is 6.61. The zero-order valence-electron chi connectivity index (χ0n) is 12.5. The average Bonchev–Trinajstić information content (AvgIpc) is 2.53. The molecule has 18 heavy (non-hydrogen) atoms. The number of aliphatic hydroxyl groups excluding tert-OH is 1. The maximum Gasteiger partial charge on any atom is 0.0695 e. The van der Waals surface area contributed by atoms with Gasteiger partial charge in [-0.05, 0) is 37.8 Å². The molecule has 2 atom stereocenters. The quantitative estimate of drug-likeness (QED) is 0.717. The lowest BCUT2D eigenvalue weighted by atomic mass is 9.91. The summed E-state index contributed by atoms with van der Waals surface area (Å²) < 4.78 is 0.